The van der Waals surface area contributed by atoms with E-state index >= 15 is 0 Å². The molecule has 4 heavy (non-hydrogen) atoms. The Hall–Kier alpha value is 2.05. The number of hydrogen-bond donors (Lipinski definition) is 0. The van der Waals surface area contributed by atoms with Crippen LogP contribution in [0.1, 0.15) is 0 Å². The van der Waals surface area contributed by atoms with Gasteiger partial charge in [-0.2, -0.15) is 0 Å². The van der Waals surface area contributed by atoms with Gasteiger partial charge >= 0.3 is 0 Å². The summed E-state index contributed by atoms with van der Waals surface area (Å²) in [5.41, 5.74) is 0. The summed E-state index contributed by atoms with van der Waals surface area (Å²) in [5.74, 6) is 0. The summed E-state index contributed by atoms with van der Waals surface area (Å²) in [6.07, 6.45) is 0. The fourth-order valence-corrected chi connectivity index (χ4v) is 0. The first kappa shape index (κ1) is 36.7. The largest absolute Gasteiger partial charge is 0.187 e. The van der Waals surface area contributed by atoms with Crippen molar-refractivity contribution in [2.45, 2.75) is 0 Å². The molecule has 0 aliphatic heterocycles. The van der Waals surface area contributed by atoms with Gasteiger partial charge in [-0.05, 0) is 0 Å². The standard InChI is InChI=1S/Al.Au.B.Ti.3H. The van der Waals surface area contributed by atoms with E-state index in [0.717, 1.165) is 0 Å². The molecule has 0 aliphatic carbocycles. The van der Waals surface area contributed by atoms with Crippen LogP contribution in [-0.4, -0.2) is 25.8 Å². The third-order valence-electron chi connectivity index (χ3n) is 0. The molecule has 0 bridgehead atoms. The van der Waals surface area contributed by atoms with Gasteiger partial charge in [-0.1, -0.05) is 0 Å². The summed E-state index contributed by atoms with van der Waals surface area (Å²) >= 11 is 0. The summed E-state index contributed by atoms with van der Waals surface area (Å²) in [5, 5.41) is 0. The van der Waals surface area contributed by atoms with Crippen molar-refractivity contribution in [3.8, 4) is 0 Å². The molecule has 0 fully saturated rings. The van der Waals surface area contributed by atoms with Crippen LogP contribution in [0.4, 0.5) is 0 Å². The molecule has 0 aliphatic rings. The normalized spacial score (nSPS) is 0. The monoisotopic (exact) mass is 286 g/mol. The van der Waals surface area contributed by atoms with Crippen molar-refractivity contribution in [2.75, 3.05) is 0 Å². The first-order chi connectivity index (χ1) is 0. The average Bonchev–Trinajstić information content (AvgIpc) is 0. The Morgan fingerprint density at radius 3 is 1.00 bits per heavy atom. The molecule has 0 saturated heterocycles. The van der Waals surface area contributed by atoms with Crippen molar-refractivity contribution in [2.24, 2.45) is 0 Å². The van der Waals surface area contributed by atoms with Gasteiger partial charge in [0.1, 0.15) is 0 Å². The second kappa shape index (κ2) is 19.7. The molecule has 0 saturated carbocycles. The zero-order valence-electron chi connectivity index (χ0n) is 1.38. The Morgan fingerprint density at radius 1 is 1.00 bits per heavy atom. The second-order valence-corrected chi connectivity index (χ2v) is 0. The predicted octanol–water partition coefficient (Wildman–Crippen LogP) is -1.57. The molecule has 0 aromatic heterocycles. The van der Waals surface area contributed by atoms with Gasteiger partial charge in [0.25, 0.3) is 0 Å². The summed E-state index contributed by atoms with van der Waals surface area (Å²) in [6, 6.07) is 0. The maximum absolute atomic E-state index is 0. The Morgan fingerprint density at radius 2 is 1.00 bits per heavy atom. The molecule has 0 aromatic carbocycles. The third-order valence-corrected chi connectivity index (χ3v) is 0. The Balaban J connectivity index is 0. The van der Waals surface area contributed by atoms with Crippen molar-refractivity contribution in [3.05, 3.63) is 0 Å². The fraction of sp³-hybridized carbons (Fsp3) is 0. The van der Waals surface area contributed by atoms with Gasteiger partial charge in [-0.25, -0.2) is 0 Å². The van der Waals surface area contributed by atoms with Gasteiger partial charge in [0, 0.05) is 52.5 Å². The van der Waals surface area contributed by atoms with E-state index in [4.69, 9.17) is 0 Å². The van der Waals surface area contributed by atoms with Crippen molar-refractivity contribution in [1.82, 2.24) is 0 Å². The molecule has 0 heterocycles. The van der Waals surface area contributed by atoms with E-state index < -0.39 is 0 Å². The van der Waals surface area contributed by atoms with Crippen LogP contribution in [0.15, 0.2) is 0 Å². The molecule has 0 amide bonds. The molecule has 0 nitrogen and oxygen atoms in total. The van der Waals surface area contributed by atoms with Gasteiger partial charge in [0.15, 0.2) is 17.4 Å². The molecule has 0 rings (SSSR count). The van der Waals surface area contributed by atoms with Crippen LogP contribution in [0.2, 0.25) is 0 Å². The van der Waals surface area contributed by atoms with Crippen LogP contribution in [0, 0.1) is 0 Å². The number of hydrogen-bond acceptors (Lipinski definition) is 0. The van der Waals surface area contributed by atoms with Crippen LogP contribution in [0.25, 0.3) is 0 Å². The molecule has 0 atom stereocenters. The van der Waals surface area contributed by atoms with E-state index in [9.17, 15) is 0 Å². The number of rotatable bonds is 0. The van der Waals surface area contributed by atoms with Crippen molar-refractivity contribution in [1.29, 1.82) is 0 Å². The molecule has 0 spiro atoms. The van der Waals surface area contributed by atoms with Crippen LogP contribution in [0.5, 0.6) is 0 Å². The topological polar surface area (TPSA) is 0 Å². The molecule has 0 aromatic rings. The van der Waals surface area contributed by atoms with Crippen molar-refractivity contribution < 1.29 is 44.1 Å². The van der Waals surface area contributed by atoms with Gasteiger partial charge < -0.3 is 0 Å². The Kier molecular flexibility index (Phi) is 181. The zero-order chi connectivity index (χ0) is 0. The SMILES string of the molecule is [AlH3].[Au].[B].[Ti]. The summed E-state index contributed by atoms with van der Waals surface area (Å²) in [6.45, 7) is 0. The molecule has 4 radical (unpaired) electrons. The van der Waals surface area contributed by atoms with E-state index in [-0.39, 0.29) is 69.9 Å². The predicted molar refractivity (Wildman–Crippen MR) is 15.7 cm³/mol. The van der Waals surface area contributed by atoms with Crippen LogP contribution in [0.3, 0.4) is 0 Å². The molecular formula is H3AlAuBTi. The van der Waals surface area contributed by atoms with Crippen LogP contribution < -0.4 is 0 Å². The summed E-state index contributed by atoms with van der Waals surface area (Å²) in [7, 11) is 0. The fourth-order valence-electron chi connectivity index (χ4n) is 0. The molecule has 0 unspecified atom stereocenters. The van der Waals surface area contributed by atoms with E-state index in [0.29, 0.717) is 0 Å². The second-order valence-electron chi connectivity index (χ2n) is 0. The maximum atomic E-state index is 0. The average molecular weight is 286 g/mol. The zero-order valence-corrected chi connectivity index (χ0v) is 5.11. The molecule has 24 valence electrons. The third kappa shape index (κ3) is 8.96. The van der Waals surface area contributed by atoms with Gasteiger partial charge in [0.05, 0.1) is 0 Å². The minimum Gasteiger partial charge on any atom is 0 e. The van der Waals surface area contributed by atoms with E-state index in [2.05, 4.69) is 0 Å². The molecular weight excluding hydrogens is 283 g/mol. The van der Waals surface area contributed by atoms with Crippen molar-refractivity contribution in [3.63, 3.8) is 0 Å². The smallest absolute Gasteiger partial charge is 0 e. The Bertz CT molecular complexity index is 8.00. The Labute approximate surface area is 69.2 Å². The quantitative estimate of drug-likeness (QED) is 0.472. The van der Waals surface area contributed by atoms with Gasteiger partial charge in [-0.3, -0.25) is 0 Å². The maximum Gasteiger partial charge on any atom is 0.187 e. The summed E-state index contributed by atoms with van der Waals surface area (Å²) < 4.78 is 0. The van der Waals surface area contributed by atoms with Gasteiger partial charge in [-0.15, -0.1) is 0 Å². The minimum atomic E-state index is 0. The van der Waals surface area contributed by atoms with E-state index in [1.165, 1.54) is 0 Å². The summed E-state index contributed by atoms with van der Waals surface area (Å²) in [4.78, 5) is 0. The van der Waals surface area contributed by atoms with Crippen LogP contribution >= 0.6 is 0 Å². The first-order valence-electron chi connectivity index (χ1n) is 0. The van der Waals surface area contributed by atoms with Crippen molar-refractivity contribution >= 4 is 25.8 Å². The van der Waals surface area contributed by atoms with Crippen LogP contribution in [-0.2, 0) is 44.1 Å². The van der Waals surface area contributed by atoms with E-state index in [1.807, 2.05) is 0 Å². The molecule has 0 N–H and O–H groups in total. The van der Waals surface area contributed by atoms with E-state index in [1.54, 1.807) is 0 Å². The molecule has 4 heteroatoms. The first-order valence-corrected chi connectivity index (χ1v) is 0. The minimum absolute atomic E-state index is 0. The van der Waals surface area contributed by atoms with Gasteiger partial charge in [0.2, 0.25) is 0 Å².